The van der Waals surface area contributed by atoms with Crippen molar-refractivity contribution in [2.24, 2.45) is 0 Å². The highest BCUT2D eigenvalue weighted by Gasteiger charge is 2.12. The number of hydrogen-bond acceptors (Lipinski definition) is 3. The van der Waals surface area contributed by atoms with Crippen molar-refractivity contribution >= 4 is 23.4 Å². The van der Waals surface area contributed by atoms with E-state index in [0.29, 0.717) is 5.15 Å². The van der Waals surface area contributed by atoms with E-state index < -0.39 is 0 Å². The lowest BCUT2D eigenvalue weighted by Gasteiger charge is -2.11. The molecule has 2 rings (SSSR count). The summed E-state index contributed by atoms with van der Waals surface area (Å²) < 4.78 is 0. The monoisotopic (exact) mass is 292 g/mol. The van der Waals surface area contributed by atoms with Gasteiger partial charge >= 0.3 is 0 Å². The SMILES string of the molecule is Cc1cccc(Sc2nc(C(C)C)nc(Cl)c2C)c1. The molecule has 0 spiro atoms. The van der Waals surface area contributed by atoms with E-state index in [2.05, 4.69) is 55.0 Å². The van der Waals surface area contributed by atoms with Crippen LogP contribution in [0.3, 0.4) is 0 Å². The minimum absolute atomic E-state index is 0.273. The highest BCUT2D eigenvalue weighted by molar-refractivity contribution is 7.99. The predicted molar refractivity (Wildman–Crippen MR) is 81.2 cm³/mol. The highest BCUT2D eigenvalue weighted by atomic mass is 35.5. The van der Waals surface area contributed by atoms with Crippen LogP contribution >= 0.6 is 23.4 Å². The Labute approximate surface area is 123 Å². The molecule has 0 atom stereocenters. The second kappa shape index (κ2) is 5.93. The molecule has 0 amide bonds. The zero-order valence-electron chi connectivity index (χ0n) is 11.6. The molecule has 1 heterocycles. The molecule has 0 bridgehead atoms. The first-order valence-corrected chi connectivity index (χ1v) is 7.45. The Morgan fingerprint density at radius 3 is 2.53 bits per heavy atom. The molecule has 0 aliphatic heterocycles. The molecule has 0 fully saturated rings. The van der Waals surface area contributed by atoms with Crippen molar-refractivity contribution in [1.29, 1.82) is 0 Å². The van der Waals surface area contributed by atoms with Crippen LogP contribution in [-0.4, -0.2) is 9.97 Å². The van der Waals surface area contributed by atoms with Gasteiger partial charge in [0.25, 0.3) is 0 Å². The quantitative estimate of drug-likeness (QED) is 0.743. The van der Waals surface area contributed by atoms with Gasteiger partial charge in [0.2, 0.25) is 0 Å². The van der Waals surface area contributed by atoms with Crippen molar-refractivity contribution in [3.8, 4) is 0 Å². The van der Waals surface area contributed by atoms with E-state index in [9.17, 15) is 0 Å². The van der Waals surface area contributed by atoms with E-state index in [0.717, 1.165) is 16.4 Å². The van der Waals surface area contributed by atoms with Gasteiger partial charge in [-0.25, -0.2) is 9.97 Å². The molecule has 2 nitrogen and oxygen atoms in total. The van der Waals surface area contributed by atoms with Gasteiger partial charge in [0, 0.05) is 16.4 Å². The number of halogens is 1. The highest BCUT2D eigenvalue weighted by Crippen LogP contribution is 2.32. The average Bonchev–Trinajstić information content (AvgIpc) is 2.34. The van der Waals surface area contributed by atoms with Gasteiger partial charge in [-0.3, -0.25) is 0 Å². The Morgan fingerprint density at radius 1 is 1.16 bits per heavy atom. The molecule has 1 aromatic carbocycles. The third kappa shape index (κ3) is 3.48. The van der Waals surface area contributed by atoms with Crippen molar-refractivity contribution in [2.75, 3.05) is 0 Å². The van der Waals surface area contributed by atoms with Gasteiger partial charge in [-0.1, -0.05) is 54.9 Å². The Hall–Kier alpha value is -1.06. The minimum Gasteiger partial charge on any atom is -0.226 e. The summed E-state index contributed by atoms with van der Waals surface area (Å²) in [5.74, 6) is 1.07. The number of hydrogen-bond donors (Lipinski definition) is 0. The summed E-state index contributed by atoms with van der Waals surface area (Å²) in [6.45, 7) is 8.19. The zero-order chi connectivity index (χ0) is 14.0. The first kappa shape index (κ1) is 14.4. The van der Waals surface area contributed by atoms with Crippen LogP contribution < -0.4 is 0 Å². The number of benzene rings is 1. The number of aromatic nitrogens is 2. The van der Waals surface area contributed by atoms with Crippen molar-refractivity contribution in [3.63, 3.8) is 0 Å². The summed E-state index contributed by atoms with van der Waals surface area (Å²) in [7, 11) is 0. The third-order valence-corrected chi connectivity index (χ3v) is 4.23. The normalized spacial score (nSPS) is 11.1. The maximum atomic E-state index is 6.20. The van der Waals surface area contributed by atoms with Gasteiger partial charge in [-0.15, -0.1) is 0 Å². The van der Waals surface area contributed by atoms with Crippen LogP contribution in [0.1, 0.15) is 36.7 Å². The molecule has 100 valence electrons. The van der Waals surface area contributed by atoms with Crippen LogP contribution in [0.25, 0.3) is 0 Å². The van der Waals surface area contributed by atoms with Gasteiger partial charge in [-0.05, 0) is 26.0 Å². The molecule has 2 aromatic rings. The van der Waals surface area contributed by atoms with Crippen molar-refractivity contribution in [1.82, 2.24) is 9.97 Å². The van der Waals surface area contributed by atoms with Gasteiger partial charge in [0.1, 0.15) is 16.0 Å². The first-order valence-electron chi connectivity index (χ1n) is 6.26. The zero-order valence-corrected chi connectivity index (χ0v) is 13.1. The van der Waals surface area contributed by atoms with Crippen LogP contribution in [0.4, 0.5) is 0 Å². The van der Waals surface area contributed by atoms with Gasteiger partial charge in [0.05, 0.1) is 0 Å². The molecule has 0 N–H and O–H groups in total. The second-order valence-electron chi connectivity index (χ2n) is 4.88. The molecule has 4 heteroatoms. The minimum atomic E-state index is 0.273. The first-order chi connectivity index (χ1) is 8.97. The van der Waals surface area contributed by atoms with E-state index in [1.807, 2.05) is 6.92 Å². The summed E-state index contributed by atoms with van der Waals surface area (Å²) in [5.41, 5.74) is 2.18. The predicted octanol–water partition coefficient (Wildman–Crippen LogP) is 5.02. The summed E-state index contributed by atoms with van der Waals surface area (Å²) >= 11 is 7.83. The molecule has 0 radical (unpaired) electrons. The molecule has 0 saturated carbocycles. The average molecular weight is 293 g/mol. The van der Waals surface area contributed by atoms with E-state index in [4.69, 9.17) is 11.6 Å². The van der Waals surface area contributed by atoms with Crippen LogP contribution in [0.15, 0.2) is 34.2 Å². The van der Waals surface area contributed by atoms with E-state index >= 15 is 0 Å². The fourth-order valence-electron chi connectivity index (χ4n) is 1.63. The van der Waals surface area contributed by atoms with Crippen LogP contribution in [0.2, 0.25) is 5.15 Å². The van der Waals surface area contributed by atoms with Crippen LogP contribution in [0, 0.1) is 13.8 Å². The van der Waals surface area contributed by atoms with Crippen molar-refractivity contribution < 1.29 is 0 Å². The van der Waals surface area contributed by atoms with Gasteiger partial charge < -0.3 is 0 Å². The van der Waals surface area contributed by atoms with Crippen molar-refractivity contribution in [2.45, 2.75) is 43.5 Å². The van der Waals surface area contributed by atoms with Gasteiger partial charge in [-0.2, -0.15) is 0 Å². The third-order valence-electron chi connectivity index (χ3n) is 2.78. The number of nitrogens with zero attached hydrogens (tertiary/aromatic N) is 2. The molecule has 0 unspecified atom stereocenters. The van der Waals surface area contributed by atoms with Crippen LogP contribution in [-0.2, 0) is 0 Å². The van der Waals surface area contributed by atoms with Crippen LogP contribution in [0.5, 0.6) is 0 Å². The lowest BCUT2D eigenvalue weighted by Crippen LogP contribution is -2.01. The number of aryl methyl sites for hydroxylation is 1. The molecule has 1 aromatic heterocycles. The fraction of sp³-hybridized carbons (Fsp3) is 0.333. The Balaban J connectivity index is 2.39. The van der Waals surface area contributed by atoms with E-state index in [-0.39, 0.29) is 5.92 Å². The molecule has 0 aliphatic carbocycles. The standard InChI is InChI=1S/C15H17ClN2S/c1-9(2)14-17-13(16)11(4)15(18-14)19-12-7-5-6-10(3)8-12/h5-9H,1-4H3. The summed E-state index contributed by atoms with van der Waals surface area (Å²) in [5, 5.41) is 1.49. The van der Waals surface area contributed by atoms with Crippen molar-refractivity contribution in [3.05, 3.63) is 46.4 Å². The molecular formula is C15H17ClN2S. The summed E-state index contributed by atoms with van der Waals surface area (Å²) in [6.07, 6.45) is 0. The summed E-state index contributed by atoms with van der Waals surface area (Å²) in [6, 6.07) is 8.37. The second-order valence-corrected chi connectivity index (χ2v) is 6.30. The molecule has 19 heavy (non-hydrogen) atoms. The Kier molecular flexibility index (Phi) is 4.48. The lowest BCUT2D eigenvalue weighted by atomic mass is 10.2. The van der Waals surface area contributed by atoms with E-state index in [1.54, 1.807) is 11.8 Å². The molecule has 0 saturated heterocycles. The lowest BCUT2D eigenvalue weighted by molar-refractivity contribution is 0.747. The smallest absolute Gasteiger partial charge is 0.136 e. The maximum Gasteiger partial charge on any atom is 0.136 e. The largest absolute Gasteiger partial charge is 0.226 e. The summed E-state index contributed by atoms with van der Waals surface area (Å²) in [4.78, 5) is 10.1. The molecular weight excluding hydrogens is 276 g/mol. The molecule has 0 aliphatic rings. The number of rotatable bonds is 3. The maximum absolute atomic E-state index is 6.20. The Bertz CT molecular complexity index is 597. The topological polar surface area (TPSA) is 25.8 Å². The Morgan fingerprint density at radius 2 is 1.89 bits per heavy atom. The van der Waals surface area contributed by atoms with E-state index in [1.165, 1.54) is 10.5 Å². The fourth-order valence-corrected chi connectivity index (χ4v) is 2.87. The van der Waals surface area contributed by atoms with Gasteiger partial charge in [0.15, 0.2) is 0 Å².